The van der Waals surface area contributed by atoms with Crippen molar-refractivity contribution in [2.45, 2.75) is 172 Å². The van der Waals surface area contributed by atoms with Crippen molar-refractivity contribution in [3.63, 3.8) is 0 Å². The standard InChI is InChI=1S/C41H63NO14/c1-10-20(4)34(46)55-33-28(45)27-23(18-42-17-19(3)12-13-25(42)38(27,9)49)24-16-39-32(40(24,33)50)30(53-22(6)44)29(52-21(5)43)31-36(39,7)15-14-26(41(31,51)56-39)54-35(47)37(8,48)11-2/h19-20,23-33,45,48-51H,10-18H2,1-9H3/t19?,20?,23?,24?,25?,26?,27?,28?,29?,30?,31?,32?,33?,36-,37-,38+,39+,40-,41+/m0/s1. The molecule has 15 nitrogen and oxygen atoms in total. The van der Waals surface area contributed by atoms with E-state index in [4.69, 9.17) is 23.7 Å². The summed E-state index contributed by atoms with van der Waals surface area (Å²) in [6, 6.07) is -0.309. The predicted molar refractivity (Wildman–Crippen MR) is 195 cm³/mol. The molecule has 4 bridgehead atoms. The molecule has 7 rings (SSSR count). The van der Waals surface area contributed by atoms with Crippen molar-refractivity contribution in [2.75, 3.05) is 13.1 Å². The van der Waals surface area contributed by atoms with Crippen LogP contribution in [-0.4, -0.2) is 132 Å². The van der Waals surface area contributed by atoms with Gasteiger partial charge in [-0.05, 0) is 76.5 Å². The van der Waals surface area contributed by atoms with Gasteiger partial charge in [0.15, 0.2) is 17.8 Å². The summed E-state index contributed by atoms with van der Waals surface area (Å²) in [4.78, 5) is 55.6. The molecule has 7 fully saturated rings. The summed E-state index contributed by atoms with van der Waals surface area (Å²) < 4.78 is 31.3. The van der Waals surface area contributed by atoms with E-state index in [1.807, 2.05) is 13.8 Å². The minimum Gasteiger partial charge on any atom is -0.458 e. The summed E-state index contributed by atoms with van der Waals surface area (Å²) in [5, 5.41) is 62.9. The van der Waals surface area contributed by atoms with E-state index in [1.54, 1.807) is 20.8 Å². The number of esters is 4. The van der Waals surface area contributed by atoms with E-state index in [0.29, 0.717) is 31.8 Å². The van der Waals surface area contributed by atoms with Crippen LogP contribution >= 0.6 is 0 Å². The summed E-state index contributed by atoms with van der Waals surface area (Å²) in [6.07, 6.45) is -5.31. The number of aliphatic hydroxyl groups is 5. The number of nitrogens with zero attached hydrogens (tertiary/aromatic N) is 1. The fraction of sp³-hybridized carbons (Fsp3) is 0.902. The first-order chi connectivity index (χ1) is 26.0. The Balaban J connectivity index is 1.45. The van der Waals surface area contributed by atoms with Crippen LogP contribution in [0.5, 0.6) is 0 Å². The average molecular weight is 794 g/mol. The number of hydrogen-bond donors (Lipinski definition) is 5. The minimum absolute atomic E-state index is 0.0107. The van der Waals surface area contributed by atoms with Crippen molar-refractivity contribution < 1.29 is 68.4 Å². The second-order valence-electron chi connectivity index (χ2n) is 19.2. The minimum atomic E-state index is -2.38. The van der Waals surface area contributed by atoms with Crippen molar-refractivity contribution in [3.8, 4) is 0 Å². The highest BCUT2D eigenvalue weighted by molar-refractivity contribution is 5.79. The number of ether oxygens (including phenoxy) is 5. The molecule has 3 aliphatic heterocycles. The third-order valence-corrected chi connectivity index (χ3v) is 16.0. The molecule has 7 aliphatic rings. The molecule has 15 heteroatoms. The summed E-state index contributed by atoms with van der Waals surface area (Å²) >= 11 is 0. The zero-order chi connectivity index (χ0) is 41.3. The highest BCUT2D eigenvalue weighted by Gasteiger charge is 2.90. The molecule has 19 atom stereocenters. The van der Waals surface area contributed by atoms with Gasteiger partial charge in [-0.2, -0.15) is 0 Å². The lowest BCUT2D eigenvalue weighted by atomic mass is 9.48. The lowest BCUT2D eigenvalue weighted by Gasteiger charge is -2.64. The van der Waals surface area contributed by atoms with Gasteiger partial charge in [0.1, 0.15) is 17.8 Å². The highest BCUT2D eigenvalue weighted by atomic mass is 16.7. The quantitative estimate of drug-likeness (QED) is 0.174. The van der Waals surface area contributed by atoms with E-state index >= 15 is 0 Å². The van der Waals surface area contributed by atoms with Crippen molar-refractivity contribution >= 4 is 23.9 Å². The molecular weight excluding hydrogens is 730 g/mol. The fourth-order valence-electron chi connectivity index (χ4n) is 13.1. The van der Waals surface area contributed by atoms with Gasteiger partial charge in [-0.1, -0.05) is 34.6 Å². The van der Waals surface area contributed by atoms with Crippen LogP contribution in [0.3, 0.4) is 0 Å². The molecule has 0 radical (unpaired) electrons. The maximum absolute atomic E-state index is 13.9. The summed E-state index contributed by atoms with van der Waals surface area (Å²) in [7, 11) is 0. The molecule has 4 saturated carbocycles. The largest absolute Gasteiger partial charge is 0.458 e. The van der Waals surface area contributed by atoms with Gasteiger partial charge in [-0.25, -0.2) is 4.79 Å². The number of fused-ring (bicyclic) bond motifs is 5. The zero-order valence-corrected chi connectivity index (χ0v) is 34.2. The van der Waals surface area contributed by atoms with Gasteiger partial charge in [0.25, 0.3) is 0 Å². The van der Waals surface area contributed by atoms with Crippen LogP contribution in [0.25, 0.3) is 0 Å². The Morgan fingerprint density at radius 2 is 1.55 bits per heavy atom. The number of hydrogen-bond acceptors (Lipinski definition) is 15. The van der Waals surface area contributed by atoms with Crippen LogP contribution in [0, 0.1) is 46.8 Å². The monoisotopic (exact) mass is 793 g/mol. The first kappa shape index (κ1) is 41.7. The molecule has 4 aliphatic carbocycles. The molecule has 0 amide bonds. The molecule has 1 spiro atoms. The number of carbonyl (C=O) groups is 4. The van der Waals surface area contributed by atoms with E-state index in [2.05, 4.69) is 11.8 Å². The predicted octanol–water partition coefficient (Wildman–Crippen LogP) is 1.61. The SMILES string of the molecule is CCC(C)C(=O)OC1C(O)C2C(CN3CC(C)CCC3[C@@]2(C)O)C2C[C@]34O[C@]5(O)C(OC(=O)[C@@](C)(O)CC)CC[C@@]3(C)C5C(OC(C)=O)C(OC(C)=O)C4[C@@]21O. The number of carbonyl (C=O) groups excluding carboxylic acids is 4. The van der Waals surface area contributed by atoms with E-state index in [9.17, 15) is 44.7 Å². The van der Waals surface area contributed by atoms with Gasteiger partial charge in [0.05, 0.1) is 35.1 Å². The van der Waals surface area contributed by atoms with Crippen LogP contribution in [0.15, 0.2) is 0 Å². The third-order valence-electron chi connectivity index (χ3n) is 16.0. The number of rotatable bonds is 8. The Kier molecular flexibility index (Phi) is 10.1. The van der Waals surface area contributed by atoms with Gasteiger partial charge in [0.2, 0.25) is 5.79 Å². The van der Waals surface area contributed by atoms with E-state index < -0.39 is 124 Å². The number of piperidine rings is 2. The first-order valence-corrected chi connectivity index (χ1v) is 20.7. The van der Waals surface area contributed by atoms with Gasteiger partial charge in [-0.15, -0.1) is 0 Å². The van der Waals surface area contributed by atoms with Gasteiger partial charge in [0, 0.05) is 44.3 Å². The molecule has 3 saturated heterocycles. The van der Waals surface area contributed by atoms with E-state index in [-0.39, 0.29) is 31.7 Å². The van der Waals surface area contributed by atoms with Crippen LogP contribution in [0.1, 0.15) is 107 Å². The zero-order valence-electron chi connectivity index (χ0n) is 34.2. The Bertz CT molecular complexity index is 1620. The summed E-state index contributed by atoms with van der Waals surface area (Å²) in [6.45, 7) is 15.5. The maximum atomic E-state index is 13.9. The van der Waals surface area contributed by atoms with Gasteiger partial charge >= 0.3 is 23.9 Å². The van der Waals surface area contributed by atoms with E-state index in [0.717, 1.165) is 6.42 Å². The molecule has 56 heavy (non-hydrogen) atoms. The second kappa shape index (κ2) is 13.6. The third kappa shape index (κ3) is 5.60. The molecule has 5 N–H and O–H groups in total. The Hall–Kier alpha value is -2.40. The lowest BCUT2D eigenvalue weighted by molar-refractivity contribution is -0.301. The van der Waals surface area contributed by atoms with Gasteiger partial charge in [-0.3, -0.25) is 19.3 Å². The van der Waals surface area contributed by atoms with Crippen molar-refractivity contribution in [1.82, 2.24) is 4.90 Å². The highest BCUT2D eigenvalue weighted by Crippen LogP contribution is 2.78. The average Bonchev–Trinajstić information content (AvgIpc) is 3.40. The maximum Gasteiger partial charge on any atom is 0.338 e. The van der Waals surface area contributed by atoms with E-state index in [1.165, 1.54) is 20.8 Å². The Labute approximate surface area is 328 Å². The molecule has 3 heterocycles. The fourth-order valence-corrected chi connectivity index (χ4v) is 13.1. The molecule has 0 aromatic rings. The van der Waals surface area contributed by atoms with Crippen LogP contribution in [0.4, 0.5) is 0 Å². The van der Waals surface area contributed by atoms with Crippen molar-refractivity contribution in [1.29, 1.82) is 0 Å². The topological polar surface area (TPSA) is 219 Å². The Morgan fingerprint density at radius 3 is 2.14 bits per heavy atom. The van der Waals surface area contributed by atoms with Crippen molar-refractivity contribution in [2.24, 2.45) is 46.8 Å². The smallest absolute Gasteiger partial charge is 0.338 e. The number of aliphatic hydroxyl groups excluding tert-OH is 1. The second-order valence-corrected chi connectivity index (χ2v) is 19.2. The summed E-state index contributed by atoms with van der Waals surface area (Å²) in [5.74, 6) is -10.8. The molecule has 0 aromatic heterocycles. The Morgan fingerprint density at radius 1 is 0.929 bits per heavy atom. The van der Waals surface area contributed by atoms with Gasteiger partial charge < -0.3 is 49.2 Å². The van der Waals surface area contributed by atoms with Crippen LogP contribution in [0.2, 0.25) is 0 Å². The molecule has 316 valence electrons. The normalized spacial score (nSPS) is 50.5. The van der Waals surface area contributed by atoms with Crippen LogP contribution in [-0.2, 0) is 42.9 Å². The summed E-state index contributed by atoms with van der Waals surface area (Å²) in [5.41, 5.74) is -8.37. The molecule has 13 unspecified atom stereocenters. The molecular formula is C41H63NO14. The van der Waals surface area contributed by atoms with Crippen molar-refractivity contribution in [3.05, 3.63) is 0 Å². The molecule has 0 aromatic carbocycles. The van der Waals surface area contributed by atoms with Crippen LogP contribution < -0.4 is 0 Å². The lowest BCUT2D eigenvalue weighted by Crippen LogP contribution is -2.78. The first-order valence-electron chi connectivity index (χ1n) is 20.7.